The molecular weight excluding hydrogens is 434 g/mol. The van der Waals surface area contributed by atoms with Crippen molar-refractivity contribution >= 4 is 30.2 Å². The first-order chi connectivity index (χ1) is 14.2. The molecule has 2 heterocycles. The monoisotopic (exact) mass is 465 g/mol. The molecule has 0 saturated carbocycles. The summed E-state index contributed by atoms with van der Waals surface area (Å²) in [4.78, 5) is 26.5. The molecule has 2 aliphatic heterocycles. The lowest BCUT2D eigenvalue weighted by atomic mass is 9.73. The molecule has 1 aromatic rings. The maximum Gasteiger partial charge on any atom is 0.312 e. The zero-order valence-corrected chi connectivity index (χ0v) is 20.9. The van der Waals surface area contributed by atoms with E-state index in [2.05, 4.69) is 0 Å². The van der Waals surface area contributed by atoms with Crippen molar-refractivity contribution in [3.63, 3.8) is 0 Å². The topological polar surface area (TPSA) is 90.0 Å². The maximum absolute atomic E-state index is 13.8. The van der Waals surface area contributed by atoms with Gasteiger partial charge in [-0.3, -0.25) is 9.59 Å². The van der Waals surface area contributed by atoms with Crippen molar-refractivity contribution in [3.05, 3.63) is 42.0 Å². The van der Waals surface area contributed by atoms with Gasteiger partial charge in [-0.2, -0.15) is 0 Å². The van der Waals surface area contributed by atoms with Gasteiger partial charge in [0.15, 0.2) is 13.9 Å². The largest absolute Gasteiger partial charge is 0.469 e. The van der Waals surface area contributed by atoms with E-state index in [0.717, 1.165) is 9.87 Å². The molecule has 0 unspecified atom stereocenters. The maximum atomic E-state index is 13.8. The SMILES string of the molecule is COC(=O)[C@H]1C[C@H]2C=C[C@]1(O[Si](C)(C)C(C)(C)C)C(=O)N2S(=O)(=O)c1ccc(C)cc1. The first-order valence-corrected chi connectivity index (χ1v) is 14.6. The molecule has 9 heteroatoms. The number of amides is 1. The molecule has 7 nitrogen and oxygen atoms in total. The minimum absolute atomic E-state index is 0.0319. The van der Waals surface area contributed by atoms with E-state index < -0.39 is 47.8 Å². The summed E-state index contributed by atoms with van der Waals surface area (Å²) in [6.45, 7) is 11.9. The average Bonchev–Trinajstić information content (AvgIpc) is 2.67. The van der Waals surface area contributed by atoms with Gasteiger partial charge in [-0.25, -0.2) is 12.7 Å². The fourth-order valence-corrected chi connectivity index (χ4v) is 6.86. The van der Waals surface area contributed by atoms with Crippen LogP contribution in [0.1, 0.15) is 32.8 Å². The minimum Gasteiger partial charge on any atom is -0.469 e. The molecule has 170 valence electrons. The fourth-order valence-electron chi connectivity index (χ4n) is 3.83. The quantitative estimate of drug-likeness (QED) is 0.376. The number of sulfonamides is 1. The molecule has 0 spiro atoms. The Hall–Kier alpha value is -1.97. The van der Waals surface area contributed by atoms with Crippen LogP contribution in [0.15, 0.2) is 41.3 Å². The Labute approximate surface area is 185 Å². The van der Waals surface area contributed by atoms with Crippen molar-refractivity contribution < 1.29 is 27.2 Å². The smallest absolute Gasteiger partial charge is 0.312 e. The van der Waals surface area contributed by atoms with Crippen LogP contribution < -0.4 is 0 Å². The number of ether oxygens (including phenoxy) is 1. The first kappa shape index (κ1) is 23.7. The molecule has 3 atom stereocenters. The predicted molar refractivity (Wildman–Crippen MR) is 119 cm³/mol. The number of hydrogen-bond acceptors (Lipinski definition) is 6. The van der Waals surface area contributed by atoms with E-state index in [4.69, 9.17) is 9.16 Å². The molecule has 1 saturated heterocycles. The Morgan fingerprint density at radius 3 is 2.29 bits per heavy atom. The van der Waals surface area contributed by atoms with Crippen molar-refractivity contribution in [3.8, 4) is 0 Å². The molecule has 0 aromatic heterocycles. The van der Waals surface area contributed by atoms with Crippen molar-refractivity contribution in [2.75, 3.05) is 7.11 Å². The van der Waals surface area contributed by atoms with Gasteiger partial charge in [-0.1, -0.05) is 44.5 Å². The molecule has 3 aliphatic rings. The van der Waals surface area contributed by atoms with Gasteiger partial charge < -0.3 is 9.16 Å². The Bertz CT molecular complexity index is 1030. The number of esters is 1. The van der Waals surface area contributed by atoms with Crippen molar-refractivity contribution in [2.45, 2.75) is 68.8 Å². The van der Waals surface area contributed by atoms with Crippen molar-refractivity contribution in [1.82, 2.24) is 4.31 Å². The van der Waals surface area contributed by atoms with Crippen LogP contribution in [0.3, 0.4) is 0 Å². The lowest BCUT2D eigenvalue weighted by Crippen LogP contribution is -2.70. The van der Waals surface area contributed by atoms with Crippen LogP contribution in [-0.2, 0) is 28.8 Å². The van der Waals surface area contributed by atoms with Gasteiger partial charge in [0.05, 0.1) is 24.0 Å². The molecule has 2 bridgehead atoms. The third-order valence-electron chi connectivity index (χ3n) is 6.69. The van der Waals surface area contributed by atoms with Gasteiger partial charge in [0, 0.05) is 0 Å². The highest BCUT2D eigenvalue weighted by atomic mass is 32.2. The number of rotatable bonds is 5. The van der Waals surface area contributed by atoms with Crippen LogP contribution in [0.2, 0.25) is 18.1 Å². The van der Waals surface area contributed by atoms with E-state index in [1.165, 1.54) is 19.2 Å². The first-order valence-electron chi connectivity index (χ1n) is 10.3. The van der Waals surface area contributed by atoms with E-state index >= 15 is 0 Å². The Balaban J connectivity index is 2.13. The molecule has 0 N–H and O–H groups in total. The van der Waals surface area contributed by atoms with Crippen LogP contribution in [-0.4, -0.2) is 51.7 Å². The Morgan fingerprint density at radius 1 is 1.19 bits per heavy atom. The highest BCUT2D eigenvalue weighted by molar-refractivity contribution is 7.89. The van der Waals surface area contributed by atoms with E-state index in [-0.39, 0.29) is 16.4 Å². The minimum atomic E-state index is -4.13. The predicted octanol–water partition coefficient (Wildman–Crippen LogP) is 3.40. The number of methoxy groups -OCH3 is 1. The molecule has 4 rings (SSSR count). The summed E-state index contributed by atoms with van der Waals surface area (Å²) in [6, 6.07) is 5.59. The highest BCUT2D eigenvalue weighted by Crippen LogP contribution is 2.49. The van der Waals surface area contributed by atoms with Crippen LogP contribution in [0.5, 0.6) is 0 Å². The molecule has 1 amide bonds. The van der Waals surface area contributed by atoms with Crippen molar-refractivity contribution in [1.29, 1.82) is 0 Å². The van der Waals surface area contributed by atoms with Gasteiger partial charge in [-0.05, 0) is 49.7 Å². The summed E-state index contributed by atoms with van der Waals surface area (Å²) in [5.74, 6) is -2.21. The van der Waals surface area contributed by atoms with E-state index in [1.54, 1.807) is 24.3 Å². The van der Waals surface area contributed by atoms with Gasteiger partial charge >= 0.3 is 5.97 Å². The number of piperidine rings is 1. The molecule has 1 aromatic carbocycles. The van der Waals surface area contributed by atoms with E-state index in [9.17, 15) is 18.0 Å². The fraction of sp³-hybridized carbons (Fsp3) is 0.545. The van der Waals surface area contributed by atoms with Crippen LogP contribution in [0.4, 0.5) is 0 Å². The number of benzene rings is 1. The molecule has 0 radical (unpaired) electrons. The molecule has 1 aliphatic carbocycles. The van der Waals surface area contributed by atoms with Gasteiger partial charge in [-0.15, -0.1) is 0 Å². The lowest BCUT2D eigenvalue weighted by molar-refractivity contribution is -0.169. The number of hydrogen-bond donors (Lipinski definition) is 0. The zero-order valence-electron chi connectivity index (χ0n) is 19.1. The molecule has 1 fully saturated rings. The number of carbonyl (C=O) groups excluding carboxylic acids is 2. The van der Waals surface area contributed by atoms with Crippen LogP contribution >= 0.6 is 0 Å². The van der Waals surface area contributed by atoms with Crippen LogP contribution in [0, 0.1) is 12.8 Å². The van der Waals surface area contributed by atoms with E-state index in [0.29, 0.717) is 0 Å². The Kier molecular flexibility index (Phi) is 5.78. The zero-order chi connectivity index (χ0) is 23.4. The van der Waals surface area contributed by atoms with Gasteiger partial charge in [0.2, 0.25) is 0 Å². The number of fused-ring (bicyclic) bond motifs is 2. The summed E-state index contributed by atoms with van der Waals surface area (Å²) in [7, 11) is -5.44. The summed E-state index contributed by atoms with van der Waals surface area (Å²) in [5, 5.41) is -0.258. The Morgan fingerprint density at radius 2 is 1.77 bits per heavy atom. The standard InChI is InChI=1S/C22H31NO6SSi/c1-15-8-10-17(11-9-15)30(26,27)23-16-12-13-22(20(23)25,18(14-16)19(24)28-5)29-31(6,7)21(2,3)4/h8-13,16,18H,14H2,1-7H3/t16-,18-,22-/m1/s1. The second-order valence-electron chi connectivity index (χ2n) is 9.81. The third-order valence-corrected chi connectivity index (χ3v) is 13.0. The van der Waals surface area contributed by atoms with Crippen LogP contribution in [0.25, 0.3) is 0 Å². The highest BCUT2D eigenvalue weighted by Gasteiger charge is 2.64. The van der Waals surface area contributed by atoms with E-state index in [1.807, 2.05) is 40.8 Å². The average molecular weight is 466 g/mol. The number of nitrogens with zero attached hydrogens (tertiary/aromatic N) is 1. The summed E-state index contributed by atoms with van der Waals surface area (Å²) in [6.07, 6.45) is 3.36. The molecule has 31 heavy (non-hydrogen) atoms. The number of aryl methyl sites for hydroxylation is 1. The van der Waals surface area contributed by atoms with Gasteiger partial charge in [0.25, 0.3) is 15.9 Å². The second kappa shape index (κ2) is 7.56. The summed E-state index contributed by atoms with van der Waals surface area (Å²) >= 11 is 0. The summed E-state index contributed by atoms with van der Waals surface area (Å²) in [5.41, 5.74) is -0.795. The number of carbonyl (C=O) groups is 2. The third kappa shape index (κ3) is 3.76. The van der Waals surface area contributed by atoms with Gasteiger partial charge in [0.1, 0.15) is 0 Å². The lowest BCUT2D eigenvalue weighted by Gasteiger charge is -2.53. The normalized spacial score (nSPS) is 26.3. The molecular formula is C22H31NO6SSi. The van der Waals surface area contributed by atoms with Crippen molar-refractivity contribution in [2.24, 2.45) is 5.92 Å². The second-order valence-corrected chi connectivity index (χ2v) is 16.4. The summed E-state index contributed by atoms with van der Waals surface area (Å²) < 4.78 is 39.3.